The monoisotopic (exact) mass is 225 g/mol. The molecule has 0 amide bonds. The minimum Gasteiger partial charge on any atom is -0.378 e. The summed E-state index contributed by atoms with van der Waals surface area (Å²) >= 11 is 0. The first-order valence-electron chi connectivity index (χ1n) is 6.89. The Morgan fingerprint density at radius 1 is 1.19 bits per heavy atom. The van der Waals surface area contributed by atoms with Crippen molar-refractivity contribution in [2.24, 2.45) is 11.3 Å². The largest absolute Gasteiger partial charge is 0.378 e. The van der Waals surface area contributed by atoms with Crippen LogP contribution in [0.2, 0.25) is 0 Å². The van der Waals surface area contributed by atoms with Gasteiger partial charge in [0.15, 0.2) is 0 Å². The van der Waals surface area contributed by atoms with E-state index in [-0.39, 0.29) is 0 Å². The lowest BCUT2D eigenvalue weighted by molar-refractivity contribution is -0.0113. The van der Waals surface area contributed by atoms with Gasteiger partial charge in [-0.25, -0.2) is 0 Å². The van der Waals surface area contributed by atoms with Crippen LogP contribution in [0.3, 0.4) is 0 Å². The molecule has 2 heteroatoms. The number of ether oxygens (including phenoxy) is 1. The average Bonchev–Trinajstić information content (AvgIpc) is 2.99. The van der Waals surface area contributed by atoms with Crippen molar-refractivity contribution in [3.8, 4) is 0 Å². The molecule has 2 atom stereocenters. The summed E-state index contributed by atoms with van der Waals surface area (Å²) in [6, 6.07) is 0.710. The maximum absolute atomic E-state index is 5.84. The number of nitrogens with one attached hydrogen (secondary N) is 1. The van der Waals surface area contributed by atoms with E-state index in [0.717, 1.165) is 19.1 Å². The number of rotatable bonds is 4. The highest BCUT2D eigenvalue weighted by molar-refractivity contribution is 4.88. The Morgan fingerprint density at radius 3 is 2.56 bits per heavy atom. The normalized spacial score (nSPS) is 31.7. The van der Waals surface area contributed by atoms with Crippen molar-refractivity contribution in [1.82, 2.24) is 5.32 Å². The van der Waals surface area contributed by atoms with Crippen LogP contribution in [0, 0.1) is 11.3 Å². The van der Waals surface area contributed by atoms with Crippen LogP contribution in [0.5, 0.6) is 0 Å². The van der Waals surface area contributed by atoms with Crippen molar-refractivity contribution in [1.29, 1.82) is 0 Å². The lowest BCUT2D eigenvalue weighted by Gasteiger charge is -2.31. The Morgan fingerprint density at radius 2 is 1.94 bits per heavy atom. The summed E-state index contributed by atoms with van der Waals surface area (Å²) in [6.07, 6.45) is 7.08. The summed E-state index contributed by atoms with van der Waals surface area (Å²) in [7, 11) is 0. The van der Waals surface area contributed by atoms with Crippen LogP contribution in [0.25, 0.3) is 0 Å². The average molecular weight is 225 g/mol. The van der Waals surface area contributed by atoms with E-state index in [1.165, 1.54) is 32.1 Å². The molecule has 1 aliphatic carbocycles. The summed E-state index contributed by atoms with van der Waals surface area (Å²) < 4.78 is 5.84. The fourth-order valence-corrected chi connectivity index (χ4v) is 2.46. The van der Waals surface area contributed by atoms with Gasteiger partial charge in [0.1, 0.15) is 0 Å². The fourth-order valence-electron chi connectivity index (χ4n) is 2.46. The Hall–Kier alpha value is -0.0800. The second-order valence-corrected chi connectivity index (χ2v) is 6.73. The quantitative estimate of drug-likeness (QED) is 0.794. The first-order chi connectivity index (χ1) is 7.54. The highest BCUT2D eigenvalue weighted by Gasteiger charge is 2.35. The second kappa shape index (κ2) is 5.05. The van der Waals surface area contributed by atoms with Gasteiger partial charge in [-0.2, -0.15) is 0 Å². The zero-order valence-corrected chi connectivity index (χ0v) is 11.1. The summed E-state index contributed by atoms with van der Waals surface area (Å²) in [4.78, 5) is 0. The molecule has 1 saturated carbocycles. The Balaban J connectivity index is 1.65. The van der Waals surface area contributed by atoms with Gasteiger partial charge in [0, 0.05) is 12.6 Å². The minimum absolute atomic E-state index is 0.452. The molecule has 2 rings (SSSR count). The van der Waals surface area contributed by atoms with Gasteiger partial charge in [-0.1, -0.05) is 20.8 Å². The highest BCUT2D eigenvalue weighted by Crippen LogP contribution is 2.38. The summed E-state index contributed by atoms with van der Waals surface area (Å²) in [5.41, 5.74) is 0.452. The van der Waals surface area contributed by atoms with Gasteiger partial charge in [0.05, 0.1) is 6.10 Å². The molecule has 16 heavy (non-hydrogen) atoms. The molecular weight excluding hydrogens is 198 g/mol. The molecule has 2 nitrogen and oxygen atoms in total. The van der Waals surface area contributed by atoms with E-state index in [2.05, 4.69) is 26.1 Å². The van der Waals surface area contributed by atoms with Crippen LogP contribution in [0.15, 0.2) is 0 Å². The molecule has 0 aromatic rings. The SMILES string of the molecule is CC(C)(C)CCN[C@@H]1CCO[C@H](C2CC2)C1. The third-order valence-electron chi connectivity index (χ3n) is 3.77. The van der Waals surface area contributed by atoms with E-state index >= 15 is 0 Å². The van der Waals surface area contributed by atoms with E-state index in [4.69, 9.17) is 4.74 Å². The lowest BCUT2D eigenvalue weighted by Crippen LogP contribution is -2.40. The maximum atomic E-state index is 5.84. The van der Waals surface area contributed by atoms with Gasteiger partial charge < -0.3 is 10.1 Å². The summed E-state index contributed by atoms with van der Waals surface area (Å²) in [5, 5.41) is 3.71. The van der Waals surface area contributed by atoms with Crippen molar-refractivity contribution in [3.63, 3.8) is 0 Å². The zero-order valence-electron chi connectivity index (χ0n) is 11.1. The second-order valence-electron chi connectivity index (χ2n) is 6.73. The molecule has 0 aromatic carbocycles. The van der Waals surface area contributed by atoms with Crippen LogP contribution in [0.1, 0.15) is 52.9 Å². The molecule has 0 bridgehead atoms. The van der Waals surface area contributed by atoms with Crippen LogP contribution >= 0.6 is 0 Å². The Kier molecular flexibility index (Phi) is 3.91. The van der Waals surface area contributed by atoms with Gasteiger partial charge >= 0.3 is 0 Å². The van der Waals surface area contributed by atoms with Gasteiger partial charge in [-0.3, -0.25) is 0 Å². The van der Waals surface area contributed by atoms with Crippen molar-refractivity contribution in [2.45, 2.75) is 65.0 Å². The summed E-state index contributed by atoms with van der Waals surface area (Å²) in [5.74, 6) is 0.896. The molecule has 0 spiro atoms. The molecule has 0 radical (unpaired) electrons. The third kappa shape index (κ3) is 4.06. The molecule has 0 aromatic heterocycles. The lowest BCUT2D eigenvalue weighted by atomic mass is 9.92. The standard InChI is InChI=1S/C14H27NO/c1-14(2,3)7-8-15-12-6-9-16-13(10-12)11-4-5-11/h11-13,15H,4-10H2,1-3H3/t12-,13+/m1/s1. The Labute approximate surface area is 100 Å². The minimum atomic E-state index is 0.452. The topological polar surface area (TPSA) is 21.3 Å². The highest BCUT2D eigenvalue weighted by atomic mass is 16.5. The van der Waals surface area contributed by atoms with Crippen LogP contribution < -0.4 is 5.32 Å². The molecule has 1 aliphatic heterocycles. The van der Waals surface area contributed by atoms with Crippen molar-refractivity contribution in [2.75, 3.05) is 13.2 Å². The molecule has 0 unspecified atom stereocenters. The molecule has 2 aliphatic rings. The predicted octanol–water partition coefficient (Wildman–Crippen LogP) is 2.97. The van der Waals surface area contributed by atoms with E-state index in [0.29, 0.717) is 17.6 Å². The molecule has 94 valence electrons. The van der Waals surface area contributed by atoms with E-state index in [1.807, 2.05) is 0 Å². The molecule has 1 heterocycles. The van der Waals surface area contributed by atoms with Gasteiger partial charge in [0.25, 0.3) is 0 Å². The van der Waals surface area contributed by atoms with Crippen LogP contribution in [0.4, 0.5) is 0 Å². The van der Waals surface area contributed by atoms with Crippen LogP contribution in [-0.4, -0.2) is 25.3 Å². The van der Waals surface area contributed by atoms with Crippen LogP contribution in [-0.2, 0) is 4.74 Å². The van der Waals surface area contributed by atoms with Gasteiger partial charge in [-0.05, 0) is 50.0 Å². The number of hydrogen-bond acceptors (Lipinski definition) is 2. The molecular formula is C14H27NO. The maximum Gasteiger partial charge on any atom is 0.0618 e. The number of hydrogen-bond donors (Lipinski definition) is 1. The summed E-state index contributed by atoms with van der Waals surface area (Å²) in [6.45, 7) is 9.06. The third-order valence-corrected chi connectivity index (χ3v) is 3.77. The first kappa shape index (κ1) is 12.4. The van der Waals surface area contributed by atoms with Gasteiger partial charge in [0.2, 0.25) is 0 Å². The van der Waals surface area contributed by atoms with E-state index < -0.39 is 0 Å². The van der Waals surface area contributed by atoms with E-state index in [9.17, 15) is 0 Å². The molecule has 1 N–H and O–H groups in total. The molecule has 1 saturated heterocycles. The predicted molar refractivity (Wildman–Crippen MR) is 67.6 cm³/mol. The van der Waals surface area contributed by atoms with Gasteiger partial charge in [-0.15, -0.1) is 0 Å². The Bertz CT molecular complexity index is 217. The fraction of sp³-hybridized carbons (Fsp3) is 1.00. The first-order valence-corrected chi connectivity index (χ1v) is 6.89. The molecule has 2 fully saturated rings. The van der Waals surface area contributed by atoms with Crippen molar-refractivity contribution in [3.05, 3.63) is 0 Å². The van der Waals surface area contributed by atoms with E-state index in [1.54, 1.807) is 0 Å². The van der Waals surface area contributed by atoms with Crippen molar-refractivity contribution < 1.29 is 4.74 Å². The smallest absolute Gasteiger partial charge is 0.0618 e. The zero-order chi connectivity index (χ0) is 11.6. The van der Waals surface area contributed by atoms with Crippen molar-refractivity contribution >= 4 is 0 Å².